The third-order valence-corrected chi connectivity index (χ3v) is 11.1. The minimum atomic E-state index is -0.618. The first-order chi connectivity index (χ1) is 25.1. The molecule has 0 spiro atoms. The molecule has 0 amide bonds. The molecule has 0 saturated heterocycles. The van der Waals surface area contributed by atoms with Crippen LogP contribution in [0.3, 0.4) is 0 Å². The third kappa shape index (κ3) is 4.15. The van der Waals surface area contributed by atoms with Gasteiger partial charge < -0.3 is 0 Å². The highest BCUT2D eigenvalue weighted by Gasteiger charge is 2.50. The summed E-state index contributed by atoms with van der Waals surface area (Å²) in [6.07, 6.45) is 0. The van der Waals surface area contributed by atoms with Gasteiger partial charge in [-0.3, -0.25) is 14.4 Å². The van der Waals surface area contributed by atoms with Crippen molar-refractivity contribution in [3.8, 4) is 33.4 Å². The quantitative estimate of drug-likeness (QED) is 0.168. The highest BCUT2D eigenvalue weighted by atomic mass is 16.1. The van der Waals surface area contributed by atoms with Gasteiger partial charge in [0.1, 0.15) is 0 Å². The molecule has 3 aliphatic carbocycles. The molecule has 0 bridgehead atoms. The first-order valence-corrected chi connectivity index (χ1v) is 17.4. The third-order valence-electron chi connectivity index (χ3n) is 11.1. The lowest BCUT2D eigenvalue weighted by atomic mass is 9.77. The maximum Gasteiger partial charge on any atom is 0.174 e. The smallest absolute Gasteiger partial charge is 0.174 e. The Morgan fingerprint density at radius 3 is 0.804 bits per heavy atom. The van der Waals surface area contributed by atoms with E-state index >= 15 is 0 Å². The topological polar surface area (TPSA) is 51.2 Å². The van der Waals surface area contributed by atoms with Crippen LogP contribution in [0.5, 0.6) is 0 Å². The highest BCUT2D eigenvalue weighted by Crippen LogP contribution is 2.65. The van der Waals surface area contributed by atoms with Crippen LogP contribution in [0, 0.1) is 0 Å². The van der Waals surface area contributed by atoms with Crippen molar-refractivity contribution in [3.63, 3.8) is 0 Å². The van der Waals surface area contributed by atoms with E-state index in [2.05, 4.69) is 36.4 Å². The van der Waals surface area contributed by atoms with Crippen LogP contribution in [0.1, 0.15) is 82.2 Å². The second-order valence-electron chi connectivity index (χ2n) is 13.6. The van der Waals surface area contributed by atoms with E-state index in [9.17, 15) is 14.4 Å². The molecular formula is C48H30O3. The van der Waals surface area contributed by atoms with Crippen molar-refractivity contribution in [3.05, 3.63) is 214 Å². The Morgan fingerprint density at radius 2 is 0.529 bits per heavy atom. The predicted molar refractivity (Wildman–Crippen MR) is 201 cm³/mol. The Hall–Kier alpha value is -6.45. The lowest BCUT2D eigenvalue weighted by molar-refractivity contribution is 0.0969. The summed E-state index contributed by atoms with van der Waals surface area (Å²) in [6, 6.07) is 52.9. The van der Waals surface area contributed by atoms with E-state index in [1.165, 1.54) is 0 Å². The Kier molecular flexibility index (Phi) is 6.53. The summed E-state index contributed by atoms with van der Waals surface area (Å²) in [5, 5.41) is 0. The maximum absolute atomic E-state index is 14.9. The van der Waals surface area contributed by atoms with Gasteiger partial charge in [-0.05, 0) is 66.8 Å². The van der Waals surface area contributed by atoms with Crippen molar-refractivity contribution in [2.75, 3.05) is 0 Å². The van der Waals surface area contributed by atoms with E-state index in [-0.39, 0.29) is 17.3 Å². The summed E-state index contributed by atoms with van der Waals surface area (Å²) in [5.74, 6) is -1.85. The number of carbonyl (C=O) groups is 3. The highest BCUT2D eigenvalue weighted by molar-refractivity contribution is 6.18. The standard InChI is InChI=1S/C48H30O3/c49-46(28-16-4-1-5-17-28)40-34-25-13-10-22-31(34)37-43(40)38-32-23-11-14-26-35(32)41(47(50)29-18-6-2-7-19-29)45(38)39-33-24-12-15-27-36(33)42(44(37)39)48(51)30-20-8-3-9-21-30/h1-27,40-42H/t40-,41-,42+/m1/s1. The van der Waals surface area contributed by atoms with E-state index in [1.807, 2.05) is 127 Å². The number of hydrogen-bond donors (Lipinski definition) is 0. The monoisotopic (exact) mass is 654 g/mol. The van der Waals surface area contributed by atoms with Gasteiger partial charge in [-0.2, -0.15) is 0 Å². The number of ketones is 3. The lowest BCUT2D eigenvalue weighted by Gasteiger charge is -2.24. The molecule has 0 aliphatic heterocycles. The van der Waals surface area contributed by atoms with E-state index in [0.717, 1.165) is 66.8 Å². The number of carbonyl (C=O) groups excluding carboxylic acids is 3. The summed E-state index contributed by atoms with van der Waals surface area (Å²) in [7, 11) is 0. The van der Waals surface area contributed by atoms with Gasteiger partial charge in [0.15, 0.2) is 17.3 Å². The van der Waals surface area contributed by atoms with Gasteiger partial charge in [0.25, 0.3) is 0 Å². The molecule has 51 heavy (non-hydrogen) atoms. The minimum absolute atomic E-state index is 0.000661. The molecule has 0 radical (unpaired) electrons. The molecule has 0 aromatic heterocycles. The van der Waals surface area contributed by atoms with Crippen molar-refractivity contribution in [1.82, 2.24) is 0 Å². The molecule has 3 atom stereocenters. The molecule has 3 nitrogen and oxygen atoms in total. The molecule has 0 N–H and O–H groups in total. The summed E-state index contributed by atoms with van der Waals surface area (Å²) in [6.45, 7) is 0. The average molecular weight is 655 g/mol. The van der Waals surface area contributed by atoms with Crippen molar-refractivity contribution < 1.29 is 14.4 Å². The number of Topliss-reactive ketones (excluding diaryl/α,β-unsaturated/α-hetero) is 3. The van der Waals surface area contributed by atoms with Crippen molar-refractivity contribution >= 4 is 17.3 Å². The van der Waals surface area contributed by atoms with Crippen LogP contribution < -0.4 is 0 Å². The zero-order valence-electron chi connectivity index (χ0n) is 27.5. The Labute approximate surface area is 295 Å². The molecule has 240 valence electrons. The van der Waals surface area contributed by atoms with E-state index < -0.39 is 17.8 Å². The van der Waals surface area contributed by atoms with Crippen LogP contribution in [0.4, 0.5) is 0 Å². The SMILES string of the molecule is O=C(c1ccccc1)[C@@H]1c2ccccc2-c2c1c1c(c3c2[C@@H](C(=O)c2ccccc2)c2ccccc2-3)[C@H](C(=O)c2ccccc2)c2ccccc2-1. The Bertz CT molecular complexity index is 2280. The van der Waals surface area contributed by atoms with Crippen LogP contribution in [0.2, 0.25) is 0 Å². The van der Waals surface area contributed by atoms with Crippen molar-refractivity contribution in [2.45, 2.75) is 17.8 Å². The fourth-order valence-electron chi connectivity index (χ4n) is 9.07. The minimum Gasteiger partial charge on any atom is -0.293 e. The second-order valence-corrected chi connectivity index (χ2v) is 13.6. The molecule has 10 rings (SSSR count). The average Bonchev–Trinajstić information content (AvgIpc) is 3.84. The van der Waals surface area contributed by atoms with Crippen LogP contribution in [0.15, 0.2) is 164 Å². The zero-order valence-corrected chi connectivity index (χ0v) is 27.5. The number of hydrogen-bond acceptors (Lipinski definition) is 3. The zero-order chi connectivity index (χ0) is 34.2. The van der Waals surface area contributed by atoms with Crippen molar-refractivity contribution in [1.29, 1.82) is 0 Å². The molecular weight excluding hydrogens is 625 g/mol. The fourth-order valence-corrected chi connectivity index (χ4v) is 9.07. The van der Waals surface area contributed by atoms with Gasteiger partial charge in [-0.25, -0.2) is 0 Å². The van der Waals surface area contributed by atoms with Crippen LogP contribution in [-0.4, -0.2) is 17.3 Å². The second kappa shape index (κ2) is 11.3. The Morgan fingerprint density at radius 1 is 0.294 bits per heavy atom. The molecule has 0 unspecified atom stereocenters. The molecule has 3 heteroatoms. The van der Waals surface area contributed by atoms with E-state index in [4.69, 9.17) is 0 Å². The van der Waals surface area contributed by atoms with Gasteiger partial charge in [0, 0.05) is 16.7 Å². The lowest BCUT2D eigenvalue weighted by Crippen LogP contribution is -2.17. The summed E-state index contributed by atoms with van der Waals surface area (Å²) in [4.78, 5) is 44.8. The fraction of sp³-hybridized carbons (Fsp3) is 0.0625. The maximum atomic E-state index is 14.9. The van der Waals surface area contributed by atoms with Gasteiger partial charge >= 0.3 is 0 Å². The van der Waals surface area contributed by atoms with E-state index in [0.29, 0.717) is 16.7 Å². The Balaban J connectivity index is 1.38. The van der Waals surface area contributed by atoms with Crippen LogP contribution in [-0.2, 0) is 0 Å². The van der Waals surface area contributed by atoms with Crippen molar-refractivity contribution in [2.24, 2.45) is 0 Å². The first-order valence-electron chi connectivity index (χ1n) is 17.4. The summed E-state index contributed by atoms with van der Waals surface area (Å²) >= 11 is 0. The predicted octanol–water partition coefficient (Wildman–Crippen LogP) is 10.7. The van der Waals surface area contributed by atoms with Gasteiger partial charge in [-0.15, -0.1) is 0 Å². The normalized spacial score (nSPS) is 17.1. The van der Waals surface area contributed by atoms with Gasteiger partial charge in [0.2, 0.25) is 0 Å². The number of rotatable bonds is 6. The molecule has 3 aliphatic rings. The molecule has 7 aromatic rings. The molecule has 0 fully saturated rings. The van der Waals surface area contributed by atoms with Crippen LogP contribution >= 0.6 is 0 Å². The summed E-state index contributed by atoms with van der Waals surface area (Å²) in [5.41, 5.74) is 13.1. The molecule has 0 saturated carbocycles. The molecule has 0 heterocycles. The van der Waals surface area contributed by atoms with Crippen LogP contribution in [0.25, 0.3) is 33.4 Å². The number of fused-ring (bicyclic) bond motifs is 12. The largest absolute Gasteiger partial charge is 0.293 e. The van der Waals surface area contributed by atoms with E-state index in [1.54, 1.807) is 0 Å². The van der Waals surface area contributed by atoms with Gasteiger partial charge in [-0.1, -0.05) is 164 Å². The summed E-state index contributed by atoms with van der Waals surface area (Å²) < 4.78 is 0. The molecule has 7 aromatic carbocycles. The first kappa shape index (κ1) is 29.5. The van der Waals surface area contributed by atoms with Gasteiger partial charge in [0.05, 0.1) is 17.8 Å². The number of benzene rings is 7.